The van der Waals surface area contributed by atoms with Crippen molar-refractivity contribution in [2.45, 2.75) is 24.9 Å². The number of sulfonamides is 1. The van der Waals surface area contributed by atoms with Crippen molar-refractivity contribution < 1.29 is 13.2 Å². The molecule has 1 aromatic heterocycles. The number of benzene rings is 2. The van der Waals surface area contributed by atoms with Crippen molar-refractivity contribution in [2.75, 3.05) is 33.9 Å². The van der Waals surface area contributed by atoms with Gasteiger partial charge in [0.05, 0.1) is 12.3 Å². The van der Waals surface area contributed by atoms with E-state index in [-0.39, 0.29) is 18.5 Å². The molecule has 2 atom stereocenters. The van der Waals surface area contributed by atoms with E-state index in [1.54, 1.807) is 37.4 Å². The lowest BCUT2D eigenvalue weighted by Gasteiger charge is -2.33. The molecule has 0 saturated heterocycles. The zero-order valence-corrected chi connectivity index (χ0v) is 20.6. The second-order valence-electron chi connectivity index (χ2n) is 8.16. The molecule has 172 valence electrons. The molecule has 3 aromatic rings. The monoisotopic (exact) mass is 473 g/mol. The van der Waals surface area contributed by atoms with Crippen LogP contribution in [0.4, 0.5) is 0 Å². The highest BCUT2D eigenvalue weighted by molar-refractivity contribution is 7.88. The fourth-order valence-corrected chi connectivity index (χ4v) is 4.98. The molecule has 1 N–H and O–H groups in total. The van der Waals surface area contributed by atoms with Gasteiger partial charge in [0.1, 0.15) is 0 Å². The summed E-state index contributed by atoms with van der Waals surface area (Å²) in [6.07, 6.45) is 2.34. The Morgan fingerprint density at radius 2 is 1.75 bits per heavy atom. The summed E-state index contributed by atoms with van der Waals surface area (Å²) in [5.74, 6) is -0.0517. The highest BCUT2D eigenvalue weighted by atomic mass is 32.2. The van der Waals surface area contributed by atoms with E-state index in [1.165, 1.54) is 15.9 Å². The summed E-state index contributed by atoms with van der Waals surface area (Å²) >= 11 is 1.61. The Hall–Kier alpha value is -2.26. The van der Waals surface area contributed by atoms with Crippen molar-refractivity contribution >= 4 is 38.0 Å². The SMILES string of the molecule is CN[C@H](Cc1ccc2ccccc2c1)C(=O)N(C)[C@H](Cc1cccs1)CN(C)S(C)(=O)=O. The standard InChI is InChI=1S/C24H31N3O3S2/c1-25-23(15-18-11-12-19-8-5-6-9-20(19)14-18)24(28)27(3)21(16-22-10-7-13-31-22)17-26(2)32(4,29)30/h5-14,21,23,25H,15-17H2,1-4H3/t21-,23-/m1/s1. The van der Waals surface area contributed by atoms with Crippen LogP contribution in [-0.2, 0) is 27.7 Å². The summed E-state index contributed by atoms with van der Waals surface area (Å²) < 4.78 is 25.3. The Kier molecular flexibility index (Phi) is 8.05. The van der Waals surface area contributed by atoms with E-state index >= 15 is 0 Å². The highest BCUT2D eigenvalue weighted by Crippen LogP contribution is 2.19. The molecule has 8 heteroatoms. The van der Waals surface area contributed by atoms with Gasteiger partial charge in [0.15, 0.2) is 0 Å². The first-order valence-corrected chi connectivity index (χ1v) is 13.3. The number of nitrogens with one attached hydrogen (secondary N) is 1. The Morgan fingerprint density at radius 1 is 1.03 bits per heavy atom. The topological polar surface area (TPSA) is 69.7 Å². The van der Waals surface area contributed by atoms with Crippen LogP contribution >= 0.6 is 11.3 Å². The summed E-state index contributed by atoms with van der Waals surface area (Å²) in [6.45, 7) is 0.241. The quantitative estimate of drug-likeness (QED) is 0.492. The van der Waals surface area contributed by atoms with Crippen LogP contribution in [0.2, 0.25) is 0 Å². The average Bonchev–Trinajstić information content (AvgIpc) is 3.28. The first-order valence-electron chi connectivity index (χ1n) is 10.5. The van der Waals surface area contributed by atoms with E-state index in [0.29, 0.717) is 12.8 Å². The maximum Gasteiger partial charge on any atom is 0.240 e. The van der Waals surface area contributed by atoms with Crippen LogP contribution in [-0.4, -0.2) is 69.6 Å². The molecule has 2 aromatic carbocycles. The fraction of sp³-hybridized carbons (Fsp3) is 0.375. The molecule has 0 aliphatic rings. The minimum Gasteiger partial charge on any atom is -0.340 e. The molecule has 0 fully saturated rings. The molecule has 1 amide bonds. The summed E-state index contributed by atoms with van der Waals surface area (Å²) in [7, 11) is 1.76. The molecule has 0 radical (unpaired) electrons. The summed E-state index contributed by atoms with van der Waals surface area (Å²) in [6, 6.07) is 17.7. The smallest absolute Gasteiger partial charge is 0.240 e. The number of thiophene rings is 1. The molecular weight excluding hydrogens is 442 g/mol. The largest absolute Gasteiger partial charge is 0.340 e. The van der Waals surface area contributed by atoms with E-state index in [2.05, 4.69) is 35.6 Å². The summed E-state index contributed by atoms with van der Waals surface area (Å²) in [5, 5.41) is 7.46. The van der Waals surface area contributed by atoms with Crippen LogP contribution in [0.25, 0.3) is 10.8 Å². The molecule has 0 spiro atoms. The minimum absolute atomic E-state index is 0.0517. The molecular formula is C24H31N3O3S2. The number of rotatable bonds is 10. The van der Waals surface area contributed by atoms with Gasteiger partial charge in [-0.1, -0.05) is 48.5 Å². The van der Waals surface area contributed by atoms with Crippen LogP contribution in [0.5, 0.6) is 0 Å². The predicted octanol–water partition coefficient (Wildman–Crippen LogP) is 2.99. The van der Waals surface area contributed by atoms with Crippen molar-refractivity contribution in [1.29, 1.82) is 0 Å². The third kappa shape index (κ3) is 6.16. The summed E-state index contributed by atoms with van der Waals surface area (Å²) in [5.41, 5.74) is 1.08. The van der Waals surface area contributed by atoms with Gasteiger partial charge in [-0.2, -0.15) is 0 Å². The zero-order valence-electron chi connectivity index (χ0n) is 19.0. The van der Waals surface area contributed by atoms with Crippen molar-refractivity contribution in [2.24, 2.45) is 0 Å². The average molecular weight is 474 g/mol. The van der Waals surface area contributed by atoms with Crippen LogP contribution in [0.1, 0.15) is 10.4 Å². The van der Waals surface area contributed by atoms with Gasteiger partial charge < -0.3 is 10.2 Å². The minimum atomic E-state index is -3.35. The van der Waals surface area contributed by atoms with Crippen LogP contribution < -0.4 is 5.32 Å². The number of nitrogens with zero attached hydrogens (tertiary/aromatic N) is 2. The van der Waals surface area contributed by atoms with Crippen LogP contribution in [0.15, 0.2) is 60.0 Å². The molecule has 1 heterocycles. The number of fused-ring (bicyclic) bond motifs is 1. The van der Waals surface area contributed by atoms with E-state index in [1.807, 2.05) is 29.6 Å². The van der Waals surface area contributed by atoms with Crippen molar-refractivity contribution in [3.8, 4) is 0 Å². The molecule has 0 unspecified atom stereocenters. The second kappa shape index (κ2) is 10.6. The van der Waals surface area contributed by atoms with E-state index < -0.39 is 16.1 Å². The second-order valence-corrected chi connectivity index (χ2v) is 11.3. The van der Waals surface area contributed by atoms with Crippen molar-refractivity contribution in [3.05, 3.63) is 70.4 Å². The molecule has 0 bridgehead atoms. The summed E-state index contributed by atoms with van der Waals surface area (Å²) in [4.78, 5) is 16.3. The van der Waals surface area contributed by atoms with Gasteiger partial charge in [0.2, 0.25) is 15.9 Å². The number of hydrogen-bond acceptors (Lipinski definition) is 5. The van der Waals surface area contributed by atoms with E-state index in [0.717, 1.165) is 15.8 Å². The van der Waals surface area contributed by atoms with Crippen molar-refractivity contribution in [3.63, 3.8) is 0 Å². The lowest BCUT2D eigenvalue weighted by Crippen LogP contribution is -2.52. The third-order valence-electron chi connectivity index (χ3n) is 5.85. The normalized spacial score (nSPS) is 13.9. The van der Waals surface area contributed by atoms with Gasteiger partial charge in [-0.05, 0) is 41.3 Å². The Morgan fingerprint density at radius 3 is 2.38 bits per heavy atom. The first-order chi connectivity index (χ1) is 15.2. The molecule has 32 heavy (non-hydrogen) atoms. The van der Waals surface area contributed by atoms with Gasteiger partial charge >= 0.3 is 0 Å². The van der Waals surface area contributed by atoms with Gasteiger partial charge in [0, 0.05) is 38.0 Å². The lowest BCUT2D eigenvalue weighted by atomic mass is 10.0. The maximum atomic E-state index is 13.4. The Bertz CT molecular complexity index is 1150. The van der Waals surface area contributed by atoms with Crippen LogP contribution in [0.3, 0.4) is 0 Å². The first kappa shape index (κ1) is 24.4. The van der Waals surface area contributed by atoms with Gasteiger partial charge in [0.25, 0.3) is 0 Å². The number of carbonyl (C=O) groups excluding carboxylic acids is 1. The van der Waals surface area contributed by atoms with Gasteiger partial charge in [-0.3, -0.25) is 4.79 Å². The Balaban J connectivity index is 1.79. The third-order valence-corrected chi connectivity index (χ3v) is 8.03. The molecule has 0 aliphatic carbocycles. The predicted molar refractivity (Wildman–Crippen MR) is 133 cm³/mol. The van der Waals surface area contributed by atoms with E-state index in [4.69, 9.17) is 0 Å². The number of amides is 1. The number of carbonyl (C=O) groups is 1. The molecule has 6 nitrogen and oxygen atoms in total. The van der Waals surface area contributed by atoms with E-state index in [9.17, 15) is 13.2 Å². The van der Waals surface area contributed by atoms with Gasteiger partial charge in [-0.25, -0.2) is 12.7 Å². The fourth-order valence-electron chi connectivity index (χ4n) is 3.76. The number of hydrogen-bond donors (Lipinski definition) is 1. The van der Waals surface area contributed by atoms with Crippen LogP contribution in [0, 0.1) is 0 Å². The maximum absolute atomic E-state index is 13.4. The Labute approximate surface area is 194 Å². The lowest BCUT2D eigenvalue weighted by molar-refractivity contribution is -0.134. The zero-order chi connectivity index (χ0) is 23.3. The molecule has 0 saturated carbocycles. The highest BCUT2D eigenvalue weighted by Gasteiger charge is 2.29. The van der Waals surface area contributed by atoms with Crippen molar-refractivity contribution in [1.82, 2.24) is 14.5 Å². The molecule has 3 rings (SSSR count). The van der Waals surface area contributed by atoms with Gasteiger partial charge in [-0.15, -0.1) is 11.3 Å². The molecule has 0 aliphatic heterocycles. The number of likely N-dealkylation sites (N-methyl/N-ethyl adjacent to an activating group) is 3.